The molecule has 1 heterocycles. The summed E-state index contributed by atoms with van der Waals surface area (Å²) in [4.78, 5) is 16.5. The van der Waals surface area contributed by atoms with Crippen molar-refractivity contribution in [3.63, 3.8) is 0 Å². The van der Waals surface area contributed by atoms with Crippen LogP contribution in [-0.4, -0.2) is 17.6 Å². The smallest absolute Gasteiger partial charge is 0.345 e. The van der Waals surface area contributed by atoms with E-state index in [1.165, 1.54) is 24.3 Å². The Bertz CT molecular complexity index is 768. The molecule has 0 aliphatic heterocycles. The van der Waals surface area contributed by atoms with E-state index in [0.717, 1.165) is 5.56 Å². The van der Waals surface area contributed by atoms with Crippen molar-refractivity contribution in [1.82, 2.24) is 4.98 Å². The van der Waals surface area contributed by atoms with Crippen LogP contribution in [0, 0.1) is 5.82 Å². The van der Waals surface area contributed by atoms with E-state index in [0.29, 0.717) is 11.4 Å². The molecule has 0 saturated heterocycles. The molecular weight excluding hydrogens is 321 g/mol. The van der Waals surface area contributed by atoms with Crippen molar-refractivity contribution >= 4 is 5.97 Å². The number of aromatic nitrogens is 1. The van der Waals surface area contributed by atoms with Gasteiger partial charge in [-0.05, 0) is 42.0 Å². The summed E-state index contributed by atoms with van der Waals surface area (Å²) in [6, 6.07) is 20.2. The molecule has 0 spiro atoms. The van der Waals surface area contributed by atoms with E-state index in [1.807, 2.05) is 36.4 Å². The number of hydrogen-bond donors (Lipinski definition) is 0. The molecule has 0 radical (unpaired) electrons. The number of nitrogens with zero attached hydrogens (tertiary/aromatic N) is 1. The van der Waals surface area contributed by atoms with Crippen LogP contribution in [0.2, 0.25) is 0 Å². The highest BCUT2D eigenvalue weighted by Gasteiger charge is 2.20. The number of esters is 1. The van der Waals surface area contributed by atoms with Crippen LogP contribution in [0.5, 0.6) is 5.75 Å². The Labute approximate surface area is 144 Å². The number of hydrogen-bond acceptors (Lipinski definition) is 4. The van der Waals surface area contributed by atoms with Crippen molar-refractivity contribution in [1.29, 1.82) is 0 Å². The van der Waals surface area contributed by atoms with Gasteiger partial charge in [0.25, 0.3) is 0 Å². The highest BCUT2D eigenvalue weighted by molar-refractivity contribution is 5.71. The first kappa shape index (κ1) is 16.6. The van der Waals surface area contributed by atoms with Gasteiger partial charge < -0.3 is 9.47 Å². The van der Waals surface area contributed by atoms with E-state index in [1.54, 1.807) is 18.3 Å². The van der Waals surface area contributed by atoms with E-state index in [-0.39, 0.29) is 12.4 Å². The maximum absolute atomic E-state index is 12.9. The molecule has 0 aliphatic rings. The SMILES string of the molecule is O=C(COc1ccc(F)cc1)OC(c1ccccc1)c1ccccn1. The van der Waals surface area contributed by atoms with Crippen molar-refractivity contribution in [2.75, 3.05) is 6.61 Å². The fourth-order valence-corrected chi connectivity index (χ4v) is 2.30. The fourth-order valence-electron chi connectivity index (χ4n) is 2.30. The van der Waals surface area contributed by atoms with Crippen molar-refractivity contribution in [2.45, 2.75) is 6.10 Å². The van der Waals surface area contributed by atoms with Crippen molar-refractivity contribution < 1.29 is 18.7 Å². The molecule has 1 aromatic heterocycles. The molecule has 0 N–H and O–H groups in total. The van der Waals surface area contributed by atoms with Crippen molar-refractivity contribution in [3.8, 4) is 5.75 Å². The maximum Gasteiger partial charge on any atom is 0.345 e. The molecule has 5 heteroatoms. The van der Waals surface area contributed by atoms with Crippen molar-refractivity contribution in [3.05, 3.63) is 96.1 Å². The molecule has 126 valence electrons. The second-order valence-corrected chi connectivity index (χ2v) is 5.28. The van der Waals surface area contributed by atoms with Crippen LogP contribution in [-0.2, 0) is 9.53 Å². The van der Waals surface area contributed by atoms with E-state index < -0.39 is 12.1 Å². The zero-order valence-corrected chi connectivity index (χ0v) is 13.3. The van der Waals surface area contributed by atoms with Crippen LogP contribution in [0.25, 0.3) is 0 Å². The molecule has 25 heavy (non-hydrogen) atoms. The molecule has 1 atom stereocenters. The van der Waals surface area contributed by atoms with Gasteiger partial charge in [0.1, 0.15) is 11.6 Å². The molecule has 0 fully saturated rings. The predicted octanol–water partition coefficient (Wildman–Crippen LogP) is 3.93. The Morgan fingerprint density at radius 3 is 2.36 bits per heavy atom. The van der Waals surface area contributed by atoms with Gasteiger partial charge in [0.05, 0.1) is 5.69 Å². The summed E-state index contributed by atoms with van der Waals surface area (Å²) >= 11 is 0. The third-order valence-corrected chi connectivity index (χ3v) is 3.48. The maximum atomic E-state index is 12.9. The molecule has 1 unspecified atom stereocenters. The molecule has 0 aliphatic carbocycles. The summed E-state index contributed by atoms with van der Waals surface area (Å²) in [5.74, 6) is -0.509. The van der Waals surface area contributed by atoms with Gasteiger partial charge in [-0.2, -0.15) is 0 Å². The Hall–Kier alpha value is -3.21. The standard InChI is InChI=1S/C20H16FNO3/c21-16-9-11-17(12-10-16)24-14-19(23)25-20(15-6-2-1-3-7-15)18-8-4-5-13-22-18/h1-13,20H,14H2. The Kier molecular flexibility index (Phi) is 5.36. The minimum Gasteiger partial charge on any atom is -0.482 e. The van der Waals surface area contributed by atoms with E-state index >= 15 is 0 Å². The number of rotatable bonds is 6. The molecule has 3 aromatic rings. The first-order valence-electron chi connectivity index (χ1n) is 7.76. The highest BCUT2D eigenvalue weighted by atomic mass is 19.1. The first-order chi connectivity index (χ1) is 12.2. The summed E-state index contributed by atoms with van der Waals surface area (Å²) in [5, 5.41) is 0. The molecule has 4 nitrogen and oxygen atoms in total. The topological polar surface area (TPSA) is 48.4 Å². The van der Waals surface area contributed by atoms with Gasteiger partial charge in [0.2, 0.25) is 0 Å². The molecule has 2 aromatic carbocycles. The lowest BCUT2D eigenvalue weighted by molar-refractivity contribution is -0.150. The average molecular weight is 337 g/mol. The predicted molar refractivity (Wildman–Crippen MR) is 90.5 cm³/mol. The summed E-state index contributed by atoms with van der Waals surface area (Å²) < 4.78 is 23.8. The number of halogens is 1. The van der Waals surface area contributed by atoms with E-state index in [4.69, 9.17) is 9.47 Å². The van der Waals surface area contributed by atoms with Gasteiger partial charge >= 0.3 is 5.97 Å². The minimum absolute atomic E-state index is 0.276. The summed E-state index contributed by atoms with van der Waals surface area (Å²) in [6.45, 7) is -0.276. The molecule has 0 saturated carbocycles. The normalized spacial score (nSPS) is 11.6. The summed E-state index contributed by atoms with van der Waals surface area (Å²) in [6.07, 6.45) is 1.03. The van der Waals surface area contributed by atoms with Gasteiger partial charge in [0, 0.05) is 6.20 Å². The Morgan fingerprint density at radius 2 is 1.68 bits per heavy atom. The quantitative estimate of drug-likeness (QED) is 0.640. The van der Waals surface area contributed by atoms with Crippen LogP contribution in [0.1, 0.15) is 17.4 Å². The van der Waals surface area contributed by atoms with Crippen LogP contribution in [0.4, 0.5) is 4.39 Å². The van der Waals surface area contributed by atoms with Crippen molar-refractivity contribution in [2.24, 2.45) is 0 Å². The van der Waals surface area contributed by atoms with E-state index in [2.05, 4.69) is 4.98 Å². The lowest BCUT2D eigenvalue weighted by atomic mass is 10.1. The number of ether oxygens (including phenoxy) is 2. The van der Waals surface area contributed by atoms with Crippen LogP contribution in [0.3, 0.4) is 0 Å². The van der Waals surface area contributed by atoms with Gasteiger partial charge in [-0.25, -0.2) is 9.18 Å². The molecule has 0 amide bonds. The number of benzene rings is 2. The number of carbonyl (C=O) groups is 1. The van der Waals surface area contributed by atoms with Crippen LogP contribution in [0.15, 0.2) is 79.0 Å². The molecule has 3 rings (SSSR count). The Balaban J connectivity index is 1.69. The second-order valence-electron chi connectivity index (χ2n) is 5.28. The van der Waals surface area contributed by atoms with E-state index in [9.17, 15) is 9.18 Å². The lowest BCUT2D eigenvalue weighted by Crippen LogP contribution is -2.19. The third-order valence-electron chi connectivity index (χ3n) is 3.48. The largest absolute Gasteiger partial charge is 0.482 e. The minimum atomic E-state index is -0.619. The first-order valence-corrected chi connectivity index (χ1v) is 7.76. The molecular formula is C20H16FNO3. The van der Waals surface area contributed by atoms with Gasteiger partial charge in [-0.3, -0.25) is 4.98 Å². The lowest BCUT2D eigenvalue weighted by Gasteiger charge is -2.18. The zero-order chi connectivity index (χ0) is 17.5. The third kappa shape index (κ3) is 4.64. The monoisotopic (exact) mass is 337 g/mol. The summed E-state index contributed by atoms with van der Waals surface area (Å²) in [7, 11) is 0. The Morgan fingerprint density at radius 1 is 0.960 bits per heavy atom. The second kappa shape index (κ2) is 8.06. The number of carbonyl (C=O) groups excluding carboxylic acids is 1. The van der Waals surface area contributed by atoms with Gasteiger partial charge in [-0.1, -0.05) is 36.4 Å². The fraction of sp³-hybridized carbons (Fsp3) is 0.100. The highest BCUT2D eigenvalue weighted by Crippen LogP contribution is 2.24. The zero-order valence-electron chi connectivity index (χ0n) is 13.3. The van der Waals surface area contributed by atoms with Crippen LogP contribution < -0.4 is 4.74 Å². The molecule has 0 bridgehead atoms. The van der Waals surface area contributed by atoms with Gasteiger partial charge in [-0.15, -0.1) is 0 Å². The summed E-state index contributed by atoms with van der Waals surface area (Å²) in [5.41, 5.74) is 1.44. The van der Waals surface area contributed by atoms with Crippen LogP contribution >= 0.6 is 0 Å². The average Bonchev–Trinajstić information content (AvgIpc) is 2.67. The van der Waals surface area contributed by atoms with Gasteiger partial charge in [0.15, 0.2) is 12.7 Å². The number of pyridine rings is 1.